The van der Waals surface area contributed by atoms with Gasteiger partial charge in [0.25, 0.3) is 0 Å². The Labute approximate surface area is 122 Å². The Kier molecular flexibility index (Phi) is 4.94. The van der Waals surface area contributed by atoms with Crippen LogP contribution < -0.4 is 11.3 Å². The minimum Gasteiger partial charge on any atom is -0.307 e. The van der Waals surface area contributed by atoms with Crippen LogP contribution in [0.2, 0.25) is 0 Å². The number of nitrogens with two attached hydrogens (primary N) is 1. The first-order valence-corrected chi connectivity index (χ1v) is 7.90. The number of nitrogens with one attached hydrogen (secondary N) is 1. The fourth-order valence-electron chi connectivity index (χ4n) is 1.65. The van der Waals surface area contributed by atoms with Gasteiger partial charge in [0.15, 0.2) is 5.82 Å². The Morgan fingerprint density at radius 3 is 2.53 bits per heavy atom. The second-order valence-corrected chi connectivity index (χ2v) is 8.40. The molecule has 8 heteroatoms. The molecule has 0 saturated carbocycles. The summed E-state index contributed by atoms with van der Waals surface area (Å²) in [6, 6.07) is 1.48. The number of hydrogen-bond donors (Lipinski definition) is 2. The second kappa shape index (κ2) is 5.74. The Bertz CT molecular complexity index is 554. The molecule has 0 aromatic carbocycles. The molecule has 0 amide bonds. The summed E-state index contributed by atoms with van der Waals surface area (Å²) >= 11 is 3.21. The van der Waals surface area contributed by atoms with E-state index in [-0.39, 0.29) is 16.1 Å². The van der Waals surface area contributed by atoms with Crippen molar-refractivity contribution < 1.29 is 8.42 Å². The van der Waals surface area contributed by atoms with Crippen LogP contribution in [0.1, 0.15) is 20.8 Å². The number of pyridine rings is 1. The van der Waals surface area contributed by atoms with E-state index in [1.165, 1.54) is 16.6 Å². The first-order valence-electron chi connectivity index (χ1n) is 5.66. The van der Waals surface area contributed by atoms with E-state index in [4.69, 9.17) is 5.84 Å². The summed E-state index contributed by atoms with van der Waals surface area (Å²) in [6.07, 6.45) is 1.48. The zero-order chi connectivity index (χ0) is 14.8. The number of sulfonamides is 1. The third kappa shape index (κ3) is 4.13. The van der Waals surface area contributed by atoms with Gasteiger partial charge in [0.05, 0.1) is 0 Å². The van der Waals surface area contributed by atoms with Gasteiger partial charge < -0.3 is 5.43 Å². The predicted molar refractivity (Wildman–Crippen MR) is 79.0 cm³/mol. The van der Waals surface area contributed by atoms with E-state index in [0.29, 0.717) is 11.0 Å². The summed E-state index contributed by atoms with van der Waals surface area (Å²) in [5, 5.41) is 0. The molecule has 6 nitrogen and oxygen atoms in total. The van der Waals surface area contributed by atoms with Gasteiger partial charge in [0, 0.05) is 24.3 Å². The standard InChI is InChI=1S/C11H19BrN4O2S/c1-11(2,3)7-16(4)19(17,18)9-5-8(12)6-14-10(9)15-13/h5-6H,7,13H2,1-4H3,(H,14,15). The van der Waals surface area contributed by atoms with Crippen molar-refractivity contribution in [1.82, 2.24) is 9.29 Å². The van der Waals surface area contributed by atoms with Crippen LogP contribution in [0.4, 0.5) is 5.82 Å². The number of hydrazine groups is 1. The van der Waals surface area contributed by atoms with Crippen LogP contribution in [0.3, 0.4) is 0 Å². The van der Waals surface area contributed by atoms with Crippen molar-refractivity contribution in [3.05, 3.63) is 16.7 Å². The Morgan fingerprint density at radius 1 is 1.47 bits per heavy atom. The highest BCUT2D eigenvalue weighted by atomic mass is 79.9. The monoisotopic (exact) mass is 350 g/mol. The number of aromatic nitrogens is 1. The third-order valence-corrected chi connectivity index (χ3v) is 4.59. The van der Waals surface area contributed by atoms with Gasteiger partial charge in [0.1, 0.15) is 4.90 Å². The lowest BCUT2D eigenvalue weighted by Gasteiger charge is -2.26. The average Bonchev–Trinajstić information content (AvgIpc) is 2.26. The van der Waals surface area contributed by atoms with Crippen molar-refractivity contribution >= 4 is 31.8 Å². The van der Waals surface area contributed by atoms with Gasteiger partial charge >= 0.3 is 0 Å². The molecule has 108 valence electrons. The Hall–Kier alpha value is -0.700. The van der Waals surface area contributed by atoms with Crippen LogP contribution in [-0.2, 0) is 10.0 Å². The van der Waals surface area contributed by atoms with Gasteiger partial charge in [0.2, 0.25) is 10.0 Å². The van der Waals surface area contributed by atoms with E-state index < -0.39 is 10.0 Å². The maximum atomic E-state index is 12.5. The van der Waals surface area contributed by atoms with Gasteiger partial charge in [-0.2, -0.15) is 0 Å². The number of nitrogen functional groups attached to an aromatic ring is 1. The van der Waals surface area contributed by atoms with Gasteiger partial charge in [-0.25, -0.2) is 23.5 Å². The van der Waals surface area contributed by atoms with E-state index in [1.54, 1.807) is 7.05 Å². The summed E-state index contributed by atoms with van der Waals surface area (Å²) in [5.41, 5.74) is 2.17. The lowest BCUT2D eigenvalue weighted by molar-refractivity contribution is 0.311. The zero-order valence-corrected chi connectivity index (χ0v) is 13.8. The second-order valence-electron chi connectivity index (χ2n) is 5.47. The SMILES string of the molecule is CN(CC(C)(C)C)S(=O)(=O)c1cc(Br)cnc1NN. The molecule has 0 aliphatic carbocycles. The number of nitrogens with zero attached hydrogens (tertiary/aromatic N) is 2. The van der Waals surface area contributed by atoms with Crippen LogP contribution in [-0.4, -0.2) is 31.3 Å². The van der Waals surface area contributed by atoms with Crippen molar-refractivity contribution in [3.8, 4) is 0 Å². The molecule has 19 heavy (non-hydrogen) atoms. The smallest absolute Gasteiger partial charge is 0.246 e. The fourth-order valence-corrected chi connectivity index (χ4v) is 3.65. The first-order chi connectivity index (χ1) is 8.58. The fraction of sp³-hybridized carbons (Fsp3) is 0.545. The summed E-state index contributed by atoms with van der Waals surface area (Å²) in [4.78, 5) is 4.01. The molecule has 0 atom stereocenters. The normalized spacial score (nSPS) is 12.8. The van der Waals surface area contributed by atoms with E-state index in [2.05, 4.69) is 26.3 Å². The van der Waals surface area contributed by atoms with E-state index in [9.17, 15) is 8.42 Å². The van der Waals surface area contributed by atoms with Crippen LogP contribution in [0.15, 0.2) is 21.6 Å². The lowest BCUT2D eigenvalue weighted by atomic mass is 9.97. The maximum Gasteiger partial charge on any atom is 0.246 e. The summed E-state index contributed by atoms with van der Waals surface area (Å²) < 4.78 is 26.9. The van der Waals surface area contributed by atoms with E-state index >= 15 is 0 Å². The molecule has 0 unspecified atom stereocenters. The van der Waals surface area contributed by atoms with Gasteiger partial charge in [-0.3, -0.25) is 0 Å². The van der Waals surface area contributed by atoms with Gasteiger partial charge in [-0.1, -0.05) is 20.8 Å². The topological polar surface area (TPSA) is 88.3 Å². The average molecular weight is 351 g/mol. The molecule has 0 aliphatic heterocycles. The van der Waals surface area contributed by atoms with Crippen molar-refractivity contribution in [2.75, 3.05) is 19.0 Å². The highest BCUT2D eigenvalue weighted by molar-refractivity contribution is 9.10. The molecule has 1 heterocycles. The molecule has 1 aromatic rings. The number of halogens is 1. The van der Waals surface area contributed by atoms with Crippen LogP contribution in [0.25, 0.3) is 0 Å². The van der Waals surface area contributed by atoms with Crippen molar-refractivity contribution in [3.63, 3.8) is 0 Å². The molecule has 0 bridgehead atoms. The molecule has 0 fully saturated rings. The van der Waals surface area contributed by atoms with Crippen molar-refractivity contribution in [1.29, 1.82) is 0 Å². The van der Waals surface area contributed by atoms with Gasteiger partial charge in [-0.15, -0.1) is 0 Å². The Balaban J connectivity index is 3.23. The van der Waals surface area contributed by atoms with Crippen molar-refractivity contribution in [2.24, 2.45) is 11.3 Å². The lowest BCUT2D eigenvalue weighted by Crippen LogP contribution is -2.35. The Morgan fingerprint density at radius 2 is 2.05 bits per heavy atom. The number of anilines is 1. The van der Waals surface area contributed by atoms with Crippen LogP contribution in [0.5, 0.6) is 0 Å². The quantitative estimate of drug-likeness (QED) is 0.638. The maximum absolute atomic E-state index is 12.5. The molecule has 0 saturated heterocycles. The summed E-state index contributed by atoms with van der Waals surface area (Å²) in [6.45, 7) is 6.31. The molecule has 1 aromatic heterocycles. The van der Waals surface area contributed by atoms with Crippen molar-refractivity contribution in [2.45, 2.75) is 25.7 Å². The molecule has 1 rings (SSSR count). The molecular weight excluding hydrogens is 332 g/mol. The van der Waals surface area contributed by atoms with Crippen LogP contribution in [0, 0.1) is 5.41 Å². The largest absolute Gasteiger partial charge is 0.307 e. The molecule has 0 radical (unpaired) electrons. The van der Waals surface area contributed by atoms with Crippen LogP contribution >= 0.6 is 15.9 Å². The summed E-state index contributed by atoms with van der Waals surface area (Å²) in [5.74, 6) is 5.44. The molecular formula is C11H19BrN4O2S. The highest BCUT2D eigenvalue weighted by Gasteiger charge is 2.28. The zero-order valence-electron chi connectivity index (χ0n) is 11.4. The number of hydrogen-bond acceptors (Lipinski definition) is 5. The highest BCUT2D eigenvalue weighted by Crippen LogP contribution is 2.26. The molecule has 3 N–H and O–H groups in total. The van der Waals surface area contributed by atoms with Gasteiger partial charge in [-0.05, 0) is 27.4 Å². The van der Waals surface area contributed by atoms with E-state index in [1.807, 2.05) is 20.8 Å². The minimum absolute atomic E-state index is 0.0520. The molecule has 0 aliphatic rings. The predicted octanol–water partition coefficient (Wildman–Crippen LogP) is 1.80. The minimum atomic E-state index is -3.64. The first kappa shape index (κ1) is 16.4. The number of rotatable bonds is 4. The summed E-state index contributed by atoms with van der Waals surface area (Å²) in [7, 11) is -2.10. The third-order valence-electron chi connectivity index (χ3n) is 2.34. The van der Waals surface area contributed by atoms with E-state index in [0.717, 1.165) is 0 Å². The molecule has 0 spiro atoms.